The van der Waals surface area contributed by atoms with Crippen LogP contribution in [0, 0.1) is 0 Å². The molecule has 0 saturated heterocycles. The first-order valence-electron chi connectivity index (χ1n) is 6.43. The van der Waals surface area contributed by atoms with Crippen molar-refractivity contribution in [2.24, 2.45) is 0 Å². The SMILES string of the molecule is O=C(Nc1cccc2c(=O)[nH][nH]c(=O)c12)Oc1ccccc1. The largest absolute Gasteiger partial charge is 0.417 e. The number of ether oxygens (including phenoxy) is 1. The van der Waals surface area contributed by atoms with E-state index in [1.165, 1.54) is 12.1 Å². The molecule has 0 radical (unpaired) electrons. The van der Waals surface area contributed by atoms with Crippen molar-refractivity contribution in [3.63, 3.8) is 0 Å². The molecule has 0 aliphatic carbocycles. The van der Waals surface area contributed by atoms with Crippen molar-refractivity contribution in [3.8, 4) is 5.75 Å². The van der Waals surface area contributed by atoms with Gasteiger partial charge < -0.3 is 4.74 Å². The Morgan fingerprint density at radius 1 is 0.909 bits per heavy atom. The van der Waals surface area contributed by atoms with Crippen molar-refractivity contribution in [1.82, 2.24) is 10.2 Å². The molecule has 3 aromatic rings. The third-order valence-electron chi connectivity index (χ3n) is 3.02. The maximum atomic E-state index is 11.9. The van der Waals surface area contributed by atoms with Crippen LogP contribution >= 0.6 is 0 Å². The third-order valence-corrected chi connectivity index (χ3v) is 3.02. The second-order valence-corrected chi connectivity index (χ2v) is 4.46. The lowest BCUT2D eigenvalue weighted by Gasteiger charge is -2.08. The molecule has 1 heterocycles. The minimum absolute atomic E-state index is 0.0938. The molecular formula is C15H11N3O4. The summed E-state index contributed by atoms with van der Waals surface area (Å²) in [4.78, 5) is 35.5. The van der Waals surface area contributed by atoms with Gasteiger partial charge in [0, 0.05) is 0 Å². The van der Waals surface area contributed by atoms with E-state index >= 15 is 0 Å². The van der Waals surface area contributed by atoms with Crippen molar-refractivity contribution in [2.75, 3.05) is 5.32 Å². The number of para-hydroxylation sites is 1. The van der Waals surface area contributed by atoms with E-state index in [-0.39, 0.29) is 16.5 Å². The van der Waals surface area contributed by atoms with E-state index in [9.17, 15) is 14.4 Å². The number of aromatic nitrogens is 2. The van der Waals surface area contributed by atoms with Gasteiger partial charge in [-0.3, -0.25) is 25.1 Å². The fraction of sp³-hybridized carbons (Fsp3) is 0. The van der Waals surface area contributed by atoms with E-state index in [4.69, 9.17) is 4.74 Å². The Kier molecular flexibility index (Phi) is 3.45. The van der Waals surface area contributed by atoms with Gasteiger partial charge in [-0.15, -0.1) is 0 Å². The minimum Gasteiger partial charge on any atom is -0.410 e. The van der Waals surface area contributed by atoms with Gasteiger partial charge in [0.2, 0.25) is 0 Å². The van der Waals surface area contributed by atoms with E-state index in [2.05, 4.69) is 15.5 Å². The monoisotopic (exact) mass is 297 g/mol. The number of anilines is 1. The van der Waals surface area contributed by atoms with Crippen LogP contribution in [0.3, 0.4) is 0 Å². The fourth-order valence-corrected chi connectivity index (χ4v) is 2.06. The smallest absolute Gasteiger partial charge is 0.410 e. The summed E-state index contributed by atoms with van der Waals surface area (Å²) < 4.78 is 5.09. The summed E-state index contributed by atoms with van der Waals surface area (Å²) in [5.41, 5.74) is -0.759. The highest BCUT2D eigenvalue weighted by atomic mass is 16.6. The van der Waals surface area contributed by atoms with Crippen LogP contribution in [0.2, 0.25) is 0 Å². The van der Waals surface area contributed by atoms with Crippen LogP contribution < -0.4 is 21.2 Å². The molecule has 110 valence electrons. The number of hydrogen-bond donors (Lipinski definition) is 3. The molecule has 2 aromatic carbocycles. The van der Waals surface area contributed by atoms with E-state index in [1.54, 1.807) is 36.4 Å². The summed E-state index contributed by atoms with van der Waals surface area (Å²) in [7, 11) is 0. The molecule has 7 nitrogen and oxygen atoms in total. The van der Waals surface area contributed by atoms with Gasteiger partial charge in [-0.05, 0) is 24.3 Å². The second kappa shape index (κ2) is 5.57. The maximum absolute atomic E-state index is 11.9. The molecule has 3 N–H and O–H groups in total. The first kappa shape index (κ1) is 13.6. The van der Waals surface area contributed by atoms with Crippen LogP contribution in [0.1, 0.15) is 0 Å². The van der Waals surface area contributed by atoms with Gasteiger partial charge in [-0.25, -0.2) is 4.79 Å². The van der Waals surface area contributed by atoms with Crippen molar-refractivity contribution in [2.45, 2.75) is 0 Å². The first-order valence-corrected chi connectivity index (χ1v) is 6.43. The minimum atomic E-state index is -0.751. The molecule has 0 atom stereocenters. The summed E-state index contributed by atoms with van der Waals surface area (Å²) >= 11 is 0. The predicted octanol–water partition coefficient (Wildman–Crippen LogP) is 1.83. The number of benzene rings is 2. The van der Waals surface area contributed by atoms with Crippen LogP contribution in [-0.4, -0.2) is 16.3 Å². The molecule has 0 fully saturated rings. The van der Waals surface area contributed by atoms with E-state index < -0.39 is 17.2 Å². The standard InChI is InChI=1S/C15H11N3O4/c19-13-10-7-4-8-11(12(10)14(20)18-17-13)16-15(21)22-9-5-2-1-3-6-9/h1-8H,(H,16,21)(H,17,19)(H,18,20). The summed E-state index contributed by atoms with van der Waals surface area (Å²) in [6.07, 6.45) is -0.751. The molecule has 0 saturated carbocycles. The van der Waals surface area contributed by atoms with Gasteiger partial charge in [0.15, 0.2) is 0 Å². The molecule has 0 bridgehead atoms. The summed E-state index contributed by atoms with van der Waals surface area (Å²) in [5.74, 6) is 0.368. The maximum Gasteiger partial charge on any atom is 0.417 e. The molecule has 22 heavy (non-hydrogen) atoms. The first-order chi connectivity index (χ1) is 10.6. The Balaban J connectivity index is 1.95. The Hall–Kier alpha value is -3.35. The lowest BCUT2D eigenvalue weighted by atomic mass is 10.1. The van der Waals surface area contributed by atoms with E-state index in [1.807, 2.05) is 0 Å². The molecule has 3 rings (SSSR count). The van der Waals surface area contributed by atoms with Gasteiger partial charge in [-0.2, -0.15) is 0 Å². The van der Waals surface area contributed by atoms with Gasteiger partial charge in [0.05, 0.1) is 16.5 Å². The molecule has 1 aromatic heterocycles. The highest BCUT2D eigenvalue weighted by Crippen LogP contribution is 2.17. The molecule has 1 amide bonds. The van der Waals surface area contributed by atoms with Crippen LogP contribution in [-0.2, 0) is 0 Å². The molecule has 7 heteroatoms. The zero-order valence-corrected chi connectivity index (χ0v) is 11.3. The lowest BCUT2D eigenvalue weighted by molar-refractivity contribution is 0.215. The van der Waals surface area contributed by atoms with Crippen molar-refractivity contribution >= 4 is 22.6 Å². The second-order valence-electron chi connectivity index (χ2n) is 4.46. The molecule has 0 aliphatic rings. The van der Waals surface area contributed by atoms with Crippen LogP contribution in [0.15, 0.2) is 58.1 Å². The number of nitrogens with one attached hydrogen (secondary N) is 3. The van der Waals surface area contributed by atoms with Crippen LogP contribution in [0.5, 0.6) is 5.75 Å². The van der Waals surface area contributed by atoms with E-state index in [0.717, 1.165) is 0 Å². The molecule has 0 unspecified atom stereocenters. The number of hydrogen-bond acceptors (Lipinski definition) is 4. The number of amides is 1. The Morgan fingerprint density at radius 2 is 1.64 bits per heavy atom. The Bertz CT molecular complexity index is 944. The van der Waals surface area contributed by atoms with Gasteiger partial charge in [0.25, 0.3) is 11.1 Å². The average Bonchev–Trinajstić information content (AvgIpc) is 2.52. The Labute approximate surface area is 123 Å². The average molecular weight is 297 g/mol. The van der Waals surface area contributed by atoms with Gasteiger partial charge in [-0.1, -0.05) is 24.3 Å². The molecule has 0 aliphatic heterocycles. The number of aromatic amines is 2. The zero-order valence-electron chi connectivity index (χ0n) is 11.3. The quantitative estimate of drug-likeness (QED) is 0.671. The lowest BCUT2D eigenvalue weighted by Crippen LogP contribution is -2.22. The van der Waals surface area contributed by atoms with Crippen molar-refractivity contribution in [3.05, 3.63) is 69.2 Å². The highest BCUT2D eigenvalue weighted by Gasteiger charge is 2.11. The number of carbonyl (C=O) groups is 1. The predicted molar refractivity (Wildman–Crippen MR) is 81.3 cm³/mol. The zero-order chi connectivity index (χ0) is 15.5. The van der Waals surface area contributed by atoms with Crippen LogP contribution in [0.4, 0.5) is 10.5 Å². The van der Waals surface area contributed by atoms with Crippen molar-refractivity contribution in [1.29, 1.82) is 0 Å². The van der Waals surface area contributed by atoms with Crippen LogP contribution in [0.25, 0.3) is 10.8 Å². The fourth-order valence-electron chi connectivity index (χ4n) is 2.06. The van der Waals surface area contributed by atoms with Gasteiger partial charge >= 0.3 is 6.09 Å². The van der Waals surface area contributed by atoms with Crippen molar-refractivity contribution < 1.29 is 9.53 Å². The highest BCUT2D eigenvalue weighted by molar-refractivity contribution is 5.99. The number of H-pyrrole nitrogens is 2. The Morgan fingerprint density at radius 3 is 2.41 bits per heavy atom. The normalized spacial score (nSPS) is 10.4. The topological polar surface area (TPSA) is 104 Å². The number of carbonyl (C=O) groups excluding carboxylic acids is 1. The summed E-state index contributed by atoms with van der Waals surface area (Å²) in [5, 5.41) is 7.19. The summed E-state index contributed by atoms with van der Waals surface area (Å²) in [6.45, 7) is 0. The number of rotatable bonds is 2. The summed E-state index contributed by atoms with van der Waals surface area (Å²) in [6, 6.07) is 13.1. The van der Waals surface area contributed by atoms with Gasteiger partial charge in [0.1, 0.15) is 5.75 Å². The number of fused-ring (bicyclic) bond motifs is 1. The molecular weight excluding hydrogens is 286 g/mol. The third kappa shape index (κ3) is 2.59. The van der Waals surface area contributed by atoms with E-state index in [0.29, 0.717) is 5.75 Å². The molecule has 0 spiro atoms.